The molecular weight excluding hydrogens is 1790 g/mol. The fraction of sp³-hybridized carbons (Fsp3) is 1.00. The van der Waals surface area contributed by atoms with Gasteiger partial charge in [0.25, 0.3) is 0 Å². The fourth-order valence-electron chi connectivity index (χ4n) is 11.4. The van der Waals surface area contributed by atoms with Crippen LogP contribution in [0.2, 0.25) is 0 Å². The van der Waals surface area contributed by atoms with Gasteiger partial charge in [-0.1, -0.05) is 0 Å². The van der Waals surface area contributed by atoms with Crippen LogP contribution in [0.25, 0.3) is 0 Å². The summed E-state index contributed by atoms with van der Waals surface area (Å²) in [6.45, 7) is -12.2. The summed E-state index contributed by atoms with van der Waals surface area (Å²) >= 11 is 0. The van der Waals surface area contributed by atoms with E-state index in [2.05, 4.69) is 29.3 Å². The third-order valence-corrected chi connectivity index (χ3v) is 19.1. The summed E-state index contributed by atoms with van der Waals surface area (Å²) in [4.78, 5) is 0. The molecule has 21 rings (SSSR count). The first kappa shape index (κ1) is 115. The Morgan fingerprint density at radius 3 is 0.348 bits per heavy atom. The van der Waals surface area contributed by atoms with Crippen LogP contribution in [-0.4, -0.2) is 423 Å². The molecule has 14 N–H and O–H groups in total. The summed E-state index contributed by atoms with van der Waals surface area (Å²) in [6.07, 6.45) is -95.2. The molecule has 35 atom stereocenters. The van der Waals surface area contributed by atoms with E-state index >= 15 is 0 Å². The molecule has 14 bridgehead atoms. The van der Waals surface area contributed by atoms with Crippen LogP contribution in [0.5, 0.6) is 0 Å². The largest absolute Gasteiger partial charge is 1.00 e. The fourth-order valence-corrected chi connectivity index (χ4v) is 13.5. The van der Waals surface area contributed by atoms with E-state index in [9.17, 15) is 162 Å². The first-order valence-electron chi connectivity index (χ1n) is 29.1. The average Bonchev–Trinajstić information content (AvgIpc) is 0.779. The molecule has 70 heteroatoms. The molecule has 0 amide bonds. The van der Waals surface area contributed by atoms with Gasteiger partial charge in [0, 0.05) is 0 Å². The van der Waals surface area contributed by atoms with Gasteiger partial charge in [-0.15, -0.1) is 0 Å². The van der Waals surface area contributed by atoms with Crippen LogP contribution in [0.4, 0.5) is 0 Å². The summed E-state index contributed by atoms with van der Waals surface area (Å²) in [5, 5.41) is 162. The van der Waals surface area contributed by atoms with Gasteiger partial charge >= 0.3 is 207 Å². The molecule has 21 heterocycles. The van der Waals surface area contributed by atoms with E-state index in [-0.39, 0.29) is 207 Å². The molecule has 616 valence electrons. The molecule has 21 fully saturated rings. The Hall–Kier alpha value is 4.97. The van der Waals surface area contributed by atoms with E-state index in [0.717, 1.165) is 0 Å². The SMILES string of the molecule is O=S(=O)([O-])OCC1OC2OC3C(COS(=O)(=O)[O-])OC(OC4C(COS(=O)(=O)[O-])OC(OC5C(COS(=O)(=O)[O-])OC(OC6C(COS(=O)(=O)[O-])OC(OC7C(COS(=O)(=O)[O-])OC(OC8C(COS(=O)(=O)[O-])OC(OC1C(O)C2O)C(O)C8O)C(O)C7O)C(O)C6O)C(O)C5O)C(O)C4O)C(O)C3O.[Na+].[Na+].[Na+].[Na+].[Na+].[Na+].[Na+]. The molecule has 0 saturated carbocycles. The van der Waals surface area contributed by atoms with E-state index in [1.165, 1.54) is 0 Å². The van der Waals surface area contributed by atoms with Crippen LogP contribution < -0.4 is 207 Å². The first-order chi connectivity index (χ1) is 48.2. The van der Waals surface area contributed by atoms with Crippen molar-refractivity contribution < 1.29 is 465 Å². The monoisotopic (exact) mass is 1850 g/mol. The van der Waals surface area contributed by atoms with Crippen molar-refractivity contribution in [2.45, 2.75) is 215 Å². The van der Waals surface area contributed by atoms with E-state index in [1.807, 2.05) is 0 Å². The number of hydrogen-bond donors (Lipinski definition) is 14. The van der Waals surface area contributed by atoms with E-state index in [1.54, 1.807) is 0 Å². The van der Waals surface area contributed by atoms with Gasteiger partial charge in [0.1, 0.15) is 171 Å². The van der Waals surface area contributed by atoms with E-state index < -0.39 is 334 Å². The van der Waals surface area contributed by atoms with E-state index in [0.29, 0.717) is 0 Å². The second-order valence-electron chi connectivity index (χ2n) is 23.2. The van der Waals surface area contributed by atoms with Gasteiger partial charge in [0.2, 0.25) is 72.8 Å². The maximum Gasteiger partial charge on any atom is 1.00 e. The Morgan fingerprint density at radius 1 is 0.179 bits per heavy atom. The molecule has 0 radical (unpaired) electrons. The number of rotatable bonds is 21. The summed E-state index contributed by atoms with van der Waals surface area (Å²) < 4.78 is 355. The zero-order chi connectivity index (χ0) is 78.5. The van der Waals surface area contributed by atoms with Crippen molar-refractivity contribution in [2.75, 3.05) is 46.2 Å². The normalized spacial score (nSPS) is 42.1. The van der Waals surface area contributed by atoms with Gasteiger partial charge in [0.05, 0.1) is 46.2 Å². The Balaban J connectivity index is 0.00000896. The third kappa shape index (κ3) is 32.3. The number of aliphatic hydroxyl groups is 14. The molecule has 56 nitrogen and oxygen atoms in total. The van der Waals surface area contributed by atoms with Crippen LogP contribution in [0.15, 0.2) is 0 Å². The van der Waals surface area contributed by atoms with Crippen molar-refractivity contribution in [3.8, 4) is 0 Å². The van der Waals surface area contributed by atoms with Crippen molar-refractivity contribution in [1.82, 2.24) is 0 Å². The molecule has 112 heavy (non-hydrogen) atoms. The third-order valence-electron chi connectivity index (χ3n) is 16.2. The molecular formula is C42H63Na7O56S7. The standard InChI is InChI=1S/C42H70O56S7.7Na/c43-15-22(50)36-85-8(1-78-99(57,58)59)29(15)92-37-23(51)16(44)31(10(86-37)3-80-101(63,64)65)94-39-25(53)18(46)33(12(88-39)5-82-103(69,70)71)96-41-27(55)20(48)35(14(90-41)7-84-105(75,76)77)98-42-28(56)21(49)34(13(91-42)6-83-104(72,73)74)97-40-26(54)19(47)32(11(89-40)4-81-102(66,67)68)95-38-24(52)17(45)30(93-36)9(87-38)2-79-100(60,61)62;;;;;;;/h8-56H,1-7H2,(H,57,58,59)(H,60,61,62)(H,63,64,65)(H,66,67,68)(H,69,70,71)(H,72,73,74)(H,75,76,77);;;;;;;/q;7*+1/p-7. The maximum absolute atomic E-state index is 11.8. The summed E-state index contributed by atoms with van der Waals surface area (Å²) in [7, 11) is -41.6. The van der Waals surface area contributed by atoms with Crippen LogP contribution in [-0.2, 0) is 168 Å². The quantitative estimate of drug-likeness (QED) is 0.0288. The number of ether oxygens (including phenoxy) is 14. The molecule has 35 unspecified atom stereocenters. The molecule has 0 spiro atoms. The first-order valence-corrected chi connectivity index (χ1v) is 38.4. The number of aliphatic hydroxyl groups excluding tert-OH is 14. The van der Waals surface area contributed by atoms with Crippen LogP contribution in [0, 0.1) is 0 Å². The van der Waals surface area contributed by atoms with Gasteiger partial charge in [-0.05, 0) is 0 Å². The Morgan fingerprint density at radius 2 is 0.268 bits per heavy atom. The molecule has 21 saturated heterocycles. The van der Waals surface area contributed by atoms with Crippen molar-refractivity contribution in [2.24, 2.45) is 0 Å². The summed E-state index contributed by atoms with van der Waals surface area (Å²) in [5.74, 6) is 0. The van der Waals surface area contributed by atoms with Crippen LogP contribution in [0.1, 0.15) is 0 Å². The zero-order valence-electron chi connectivity index (χ0n) is 58.4. The van der Waals surface area contributed by atoms with Gasteiger partial charge in [-0.3, -0.25) is 29.3 Å². The van der Waals surface area contributed by atoms with Gasteiger partial charge in [-0.25, -0.2) is 58.9 Å². The van der Waals surface area contributed by atoms with Gasteiger partial charge < -0.3 is 170 Å². The molecule has 0 aromatic rings. The van der Waals surface area contributed by atoms with Gasteiger partial charge in [-0.2, -0.15) is 0 Å². The molecule has 21 aliphatic rings. The Kier molecular flexibility index (Phi) is 48.6. The predicted octanol–water partition coefficient (Wildman–Crippen LogP) is -39.8. The van der Waals surface area contributed by atoms with Crippen molar-refractivity contribution in [3.63, 3.8) is 0 Å². The van der Waals surface area contributed by atoms with Crippen molar-refractivity contribution in [1.29, 1.82) is 0 Å². The molecule has 0 aliphatic carbocycles. The van der Waals surface area contributed by atoms with Gasteiger partial charge in [0.15, 0.2) is 44.0 Å². The molecule has 0 aromatic carbocycles. The van der Waals surface area contributed by atoms with Crippen LogP contribution >= 0.6 is 0 Å². The minimum absolute atomic E-state index is 0. The van der Waals surface area contributed by atoms with E-state index in [4.69, 9.17) is 66.3 Å². The minimum Gasteiger partial charge on any atom is -0.726 e. The maximum atomic E-state index is 11.8. The molecule has 0 aromatic heterocycles. The Labute approximate surface area is 788 Å². The minimum atomic E-state index is -5.94. The number of hydrogen-bond acceptors (Lipinski definition) is 56. The van der Waals surface area contributed by atoms with Crippen molar-refractivity contribution in [3.05, 3.63) is 0 Å². The van der Waals surface area contributed by atoms with Crippen LogP contribution in [0.3, 0.4) is 0 Å². The topological polar surface area (TPSA) is 877 Å². The second kappa shape index (κ2) is 47.3. The summed E-state index contributed by atoms with van der Waals surface area (Å²) in [6, 6.07) is 0. The van der Waals surface area contributed by atoms with Crippen molar-refractivity contribution >= 4 is 72.8 Å². The zero-order valence-corrected chi connectivity index (χ0v) is 78.1. The predicted molar refractivity (Wildman–Crippen MR) is 288 cm³/mol. The molecule has 21 aliphatic heterocycles. The summed E-state index contributed by atoms with van der Waals surface area (Å²) in [5.41, 5.74) is 0. The smallest absolute Gasteiger partial charge is 0.726 e. The average molecular weight is 1850 g/mol. The second-order valence-corrected chi connectivity index (χ2v) is 30.6. The Bertz CT molecular complexity index is 3080.